The molecule has 0 spiro atoms. The maximum Gasteiger partial charge on any atom is 0.180 e. The third-order valence-corrected chi connectivity index (χ3v) is 0.590. The van der Waals surface area contributed by atoms with Crippen LogP contribution in [0.1, 0.15) is 0 Å². The molecule has 0 atom stereocenters. The number of hydrogen-bond donors (Lipinski definition) is 1. The summed E-state index contributed by atoms with van der Waals surface area (Å²) in [6.45, 7) is 3.37. The van der Waals surface area contributed by atoms with Crippen LogP contribution in [0, 0.1) is 0 Å². The molecule has 0 aliphatic heterocycles. The molecule has 0 aromatic rings. The molecule has 0 saturated carbocycles. The first-order chi connectivity index (χ1) is 3.81. The van der Waals surface area contributed by atoms with E-state index in [4.69, 9.17) is 5.73 Å². The van der Waals surface area contributed by atoms with Gasteiger partial charge in [0.25, 0.3) is 0 Å². The molecule has 0 aliphatic carbocycles. The Labute approximate surface area is 48.1 Å². The predicted octanol–water partition coefficient (Wildman–Crippen LogP) is -0.326. The summed E-state index contributed by atoms with van der Waals surface area (Å²) in [5, 5.41) is 0. The normalized spacial score (nSPS) is 8.62. The molecule has 0 rings (SSSR count). The molecule has 3 heteroatoms. The molecular formula is C5H9NO2. The second kappa shape index (κ2) is 4.49. The van der Waals surface area contributed by atoms with E-state index in [-0.39, 0.29) is 19.1 Å². The van der Waals surface area contributed by atoms with Gasteiger partial charge >= 0.3 is 0 Å². The van der Waals surface area contributed by atoms with Crippen molar-refractivity contribution in [1.82, 2.24) is 0 Å². The molecule has 0 aromatic heterocycles. The summed E-state index contributed by atoms with van der Waals surface area (Å²) >= 11 is 0. The van der Waals surface area contributed by atoms with Crippen molar-refractivity contribution in [2.24, 2.45) is 5.73 Å². The lowest BCUT2D eigenvalue weighted by Gasteiger charge is -1.92. The Morgan fingerprint density at radius 1 is 1.88 bits per heavy atom. The average molecular weight is 115 g/mol. The molecule has 0 aliphatic rings. The van der Waals surface area contributed by atoms with Crippen molar-refractivity contribution in [3.63, 3.8) is 0 Å². The van der Waals surface area contributed by atoms with Gasteiger partial charge in [-0.1, -0.05) is 6.58 Å². The first-order valence-corrected chi connectivity index (χ1v) is 2.24. The lowest BCUT2D eigenvalue weighted by Crippen LogP contribution is -2.11. The first kappa shape index (κ1) is 7.33. The van der Waals surface area contributed by atoms with Gasteiger partial charge in [0.15, 0.2) is 5.78 Å². The highest BCUT2D eigenvalue weighted by Crippen LogP contribution is 1.73. The Balaban J connectivity index is 3.11. The highest BCUT2D eigenvalue weighted by molar-refractivity contribution is 5.90. The Bertz CT molecular complexity index is 90.4. The number of carbonyl (C=O) groups excluding carboxylic acids is 1. The number of hydrogen-bond acceptors (Lipinski definition) is 3. The van der Waals surface area contributed by atoms with Crippen LogP contribution in [0.4, 0.5) is 0 Å². The van der Waals surface area contributed by atoms with E-state index in [0.29, 0.717) is 0 Å². The van der Waals surface area contributed by atoms with Gasteiger partial charge in [0.05, 0.1) is 6.73 Å². The number of nitrogens with two attached hydrogens (primary N) is 1. The maximum atomic E-state index is 10.3. The van der Waals surface area contributed by atoms with Gasteiger partial charge in [-0.05, 0) is 6.08 Å². The van der Waals surface area contributed by atoms with Crippen LogP contribution in [-0.4, -0.2) is 19.1 Å². The lowest BCUT2D eigenvalue weighted by atomic mass is 10.4. The average Bonchev–Trinajstić information content (AvgIpc) is 1.83. The van der Waals surface area contributed by atoms with Crippen molar-refractivity contribution in [2.75, 3.05) is 13.3 Å². The number of ether oxygens (including phenoxy) is 1. The number of carbonyl (C=O) groups is 1. The third kappa shape index (κ3) is 3.52. The molecule has 0 amide bonds. The van der Waals surface area contributed by atoms with E-state index < -0.39 is 0 Å². The van der Waals surface area contributed by atoms with Gasteiger partial charge < -0.3 is 10.5 Å². The fourth-order valence-electron chi connectivity index (χ4n) is 0.218. The van der Waals surface area contributed by atoms with Crippen LogP contribution in [0.5, 0.6) is 0 Å². The van der Waals surface area contributed by atoms with Crippen molar-refractivity contribution in [3.05, 3.63) is 12.7 Å². The zero-order chi connectivity index (χ0) is 6.41. The lowest BCUT2D eigenvalue weighted by molar-refractivity contribution is -0.118. The van der Waals surface area contributed by atoms with E-state index in [1.807, 2.05) is 0 Å². The van der Waals surface area contributed by atoms with Crippen LogP contribution in [0.25, 0.3) is 0 Å². The standard InChI is InChI=1S/C5H9NO2/c1-2-5(7)3-8-4-6/h2H,1,3-4,6H2. The van der Waals surface area contributed by atoms with Gasteiger partial charge in [0.2, 0.25) is 0 Å². The van der Waals surface area contributed by atoms with Crippen LogP contribution in [0.2, 0.25) is 0 Å². The maximum absolute atomic E-state index is 10.3. The quantitative estimate of drug-likeness (QED) is 0.403. The molecule has 8 heavy (non-hydrogen) atoms. The molecular weight excluding hydrogens is 106 g/mol. The zero-order valence-corrected chi connectivity index (χ0v) is 4.59. The Kier molecular flexibility index (Phi) is 4.11. The molecule has 2 N–H and O–H groups in total. The molecule has 0 heterocycles. The number of ketones is 1. The van der Waals surface area contributed by atoms with Crippen LogP contribution in [0.3, 0.4) is 0 Å². The highest BCUT2D eigenvalue weighted by Gasteiger charge is 1.90. The smallest absolute Gasteiger partial charge is 0.180 e. The van der Waals surface area contributed by atoms with E-state index >= 15 is 0 Å². The fraction of sp³-hybridized carbons (Fsp3) is 0.400. The summed E-state index contributed by atoms with van der Waals surface area (Å²) < 4.78 is 4.54. The van der Waals surface area contributed by atoms with Crippen molar-refractivity contribution in [1.29, 1.82) is 0 Å². The van der Waals surface area contributed by atoms with Gasteiger partial charge in [0.1, 0.15) is 6.61 Å². The largest absolute Gasteiger partial charge is 0.358 e. The summed E-state index contributed by atoms with van der Waals surface area (Å²) in [4.78, 5) is 10.3. The molecule has 0 saturated heterocycles. The van der Waals surface area contributed by atoms with Gasteiger partial charge in [-0.2, -0.15) is 0 Å². The van der Waals surface area contributed by atoms with Gasteiger partial charge in [-0.15, -0.1) is 0 Å². The van der Waals surface area contributed by atoms with Crippen molar-refractivity contribution in [2.45, 2.75) is 0 Å². The Morgan fingerprint density at radius 2 is 2.50 bits per heavy atom. The molecule has 0 radical (unpaired) electrons. The van der Waals surface area contributed by atoms with Gasteiger partial charge in [-0.3, -0.25) is 4.79 Å². The van der Waals surface area contributed by atoms with Gasteiger partial charge in [0, 0.05) is 0 Å². The number of rotatable bonds is 4. The topological polar surface area (TPSA) is 52.3 Å². The predicted molar refractivity (Wildman–Crippen MR) is 30.2 cm³/mol. The minimum absolute atomic E-state index is 0.0417. The van der Waals surface area contributed by atoms with Crippen molar-refractivity contribution in [3.8, 4) is 0 Å². The van der Waals surface area contributed by atoms with Crippen LogP contribution < -0.4 is 5.73 Å². The van der Waals surface area contributed by atoms with E-state index in [9.17, 15) is 4.79 Å². The van der Waals surface area contributed by atoms with E-state index in [1.54, 1.807) is 0 Å². The van der Waals surface area contributed by atoms with Crippen LogP contribution in [0.15, 0.2) is 12.7 Å². The SMILES string of the molecule is C=CC(=O)COCN. The molecule has 0 fully saturated rings. The van der Waals surface area contributed by atoms with E-state index in [1.165, 1.54) is 6.08 Å². The third-order valence-electron chi connectivity index (χ3n) is 0.590. The minimum Gasteiger partial charge on any atom is -0.358 e. The summed E-state index contributed by atoms with van der Waals surface area (Å²) in [7, 11) is 0. The van der Waals surface area contributed by atoms with Crippen LogP contribution in [-0.2, 0) is 9.53 Å². The first-order valence-electron chi connectivity index (χ1n) is 2.24. The molecule has 0 bridgehead atoms. The molecule has 3 nitrogen and oxygen atoms in total. The van der Waals surface area contributed by atoms with Crippen molar-refractivity contribution < 1.29 is 9.53 Å². The summed E-state index contributed by atoms with van der Waals surface area (Å²) in [5.74, 6) is -0.143. The van der Waals surface area contributed by atoms with E-state index in [2.05, 4.69) is 11.3 Å². The summed E-state index contributed by atoms with van der Waals surface area (Å²) in [5.41, 5.74) is 4.92. The monoisotopic (exact) mass is 115 g/mol. The Hall–Kier alpha value is -0.670. The molecule has 0 unspecified atom stereocenters. The summed E-state index contributed by atoms with van der Waals surface area (Å²) in [6, 6.07) is 0. The molecule has 46 valence electrons. The minimum atomic E-state index is -0.143. The second-order valence-corrected chi connectivity index (χ2v) is 1.19. The summed E-state index contributed by atoms with van der Waals surface area (Å²) in [6.07, 6.45) is 1.20. The molecule has 0 aromatic carbocycles. The zero-order valence-electron chi connectivity index (χ0n) is 4.59. The van der Waals surface area contributed by atoms with Crippen LogP contribution >= 0.6 is 0 Å². The van der Waals surface area contributed by atoms with Crippen molar-refractivity contribution >= 4 is 5.78 Å². The van der Waals surface area contributed by atoms with Gasteiger partial charge in [-0.25, -0.2) is 0 Å². The fourth-order valence-corrected chi connectivity index (χ4v) is 0.218. The second-order valence-electron chi connectivity index (χ2n) is 1.19. The van der Waals surface area contributed by atoms with E-state index in [0.717, 1.165) is 0 Å². The highest BCUT2D eigenvalue weighted by atomic mass is 16.5. The Morgan fingerprint density at radius 3 is 2.88 bits per heavy atom.